The van der Waals surface area contributed by atoms with Gasteiger partial charge in [-0.1, -0.05) is 43.3 Å². The number of hydrogen-bond acceptors (Lipinski definition) is 2. The molecule has 0 aliphatic carbocycles. The van der Waals surface area contributed by atoms with Crippen molar-refractivity contribution in [2.45, 2.75) is 33.0 Å². The fraction of sp³-hybridized carbons (Fsp3) is 0.294. The molecule has 2 heteroatoms. The molecule has 0 aliphatic heterocycles. The fourth-order valence-corrected chi connectivity index (χ4v) is 2.01. The van der Waals surface area contributed by atoms with Crippen LogP contribution in [0.2, 0.25) is 0 Å². The summed E-state index contributed by atoms with van der Waals surface area (Å²) in [6, 6.07) is 16.6. The molecule has 1 unspecified atom stereocenters. The zero-order chi connectivity index (χ0) is 13.7. The van der Waals surface area contributed by atoms with E-state index in [1.54, 1.807) is 6.92 Å². The van der Waals surface area contributed by atoms with Gasteiger partial charge in [-0.05, 0) is 48.6 Å². The maximum Gasteiger partial charge on any atom is 0.194 e. The van der Waals surface area contributed by atoms with Crippen molar-refractivity contribution in [3.8, 4) is 5.75 Å². The maximum absolute atomic E-state index is 9.14. The van der Waals surface area contributed by atoms with Crippen LogP contribution in [0.3, 0.4) is 0 Å². The molecule has 1 atom stereocenters. The Morgan fingerprint density at radius 2 is 1.37 bits per heavy atom. The van der Waals surface area contributed by atoms with Gasteiger partial charge in [0.1, 0.15) is 5.75 Å². The van der Waals surface area contributed by atoms with Gasteiger partial charge in [0.25, 0.3) is 0 Å². The van der Waals surface area contributed by atoms with Crippen LogP contribution in [0.15, 0.2) is 48.5 Å². The van der Waals surface area contributed by atoms with Crippen molar-refractivity contribution in [1.29, 1.82) is 0 Å². The highest BCUT2D eigenvalue weighted by Gasteiger charge is 2.00. The predicted molar refractivity (Wildman–Crippen MR) is 77.4 cm³/mol. The van der Waals surface area contributed by atoms with Crippen molar-refractivity contribution in [1.82, 2.24) is 0 Å². The quantitative estimate of drug-likeness (QED) is 0.829. The average Bonchev–Trinajstić information content (AvgIpc) is 2.41. The highest BCUT2D eigenvalue weighted by Crippen LogP contribution is 2.16. The second-order valence-electron chi connectivity index (χ2n) is 4.71. The highest BCUT2D eigenvalue weighted by atomic mass is 16.6. The van der Waals surface area contributed by atoms with Crippen LogP contribution in [0, 0.1) is 0 Å². The number of ether oxygens (including phenoxy) is 1. The van der Waals surface area contributed by atoms with Gasteiger partial charge in [-0.3, -0.25) is 0 Å². The molecular formula is C17H20O2. The molecule has 100 valence electrons. The van der Waals surface area contributed by atoms with Gasteiger partial charge in [-0.2, -0.15) is 0 Å². The lowest BCUT2D eigenvalue weighted by atomic mass is 10.0. The lowest BCUT2D eigenvalue weighted by molar-refractivity contribution is -0.000301. The van der Waals surface area contributed by atoms with Crippen LogP contribution in [0.5, 0.6) is 5.75 Å². The molecule has 2 aromatic rings. The van der Waals surface area contributed by atoms with E-state index in [0.717, 1.165) is 12.8 Å². The van der Waals surface area contributed by atoms with Gasteiger partial charge < -0.3 is 9.84 Å². The van der Waals surface area contributed by atoms with Gasteiger partial charge in [-0.25, -0.2) is 0 Å². The van der Waals surface area contributed by atoms with E-state index in [4.69, 9.17) is 9.84 Å². The van der Waals surface area contributed by atoms with E-state index < -0.39 is 6.29 Å². The van der Waals surface area contributed by atoms with Gasteiger partial charge >= 0.3 is 0 Å². The molecule has 2 aromatic carbocycles. The summed E-state index contributed by atoms with van der Waals surface area (Å²) in [4.78, 5) is 0. The zero-order valence-electron chi connectivity index (χ0n) is 11.5. The van der Waals surface area contributed by atoms with Crippen LogP contribution >= 0.6 is 0 Å². The molecule has 0 saturated heterocycles. The SMILES string of the molecule is CCc1ccc(Cc2ccc(OC(C)O)cc2)cc1. The molecule has 0 heterocycles. The van der Waals surface area contributed by atoms with E-state index in [0.29, 0.717) is 5.75 Å². The van der Waals surface area contributed by atoms with Crippen LogP contribution in [-0.4, -0.2) is 11.4 Å². The third-order valence-electron chi connectivity index (χ3n) is 3.07. The van der Waals surface area contributed by atoms with E-state index in [1.807, 2.05) is 24.3 Å². The third kappa shape index (κ3) is 4.11. The molecule has 2 rings (SSSR count). The first-order chi connectivity index (χ1) is 9.17. The van der Waals surface area contributed by atoms with Crippen molar-refractivity contribution >= 4 is 0 Å². The summed E-state index contributed by atoms with van der Waals surface area (Å²) in [5.74, 6) is 0.695. The Balaban J connectivity index is 2.02. The molecule has 2 nitrogen and oxygen atoms in total. The molecule has 0 amide bonds. The standard InChI is InChI=1S/C17H20O2/c1-3-14-4-6-15(7-5-14)12-16-8-10-17(11-9-16)19-13(2)18/h4-11,13,18H,3,12H2,1-2H3. The van der Waals surface area contributed by atoms with Crippen LogP contribution in [0.25, 0.3) is 0 Å². The zero-order valence-corrected chi connectivity index (χ0v) is 11.5. The third-order valence-corrected chi connectivity index (χ3v) is 3.07. The Bertz CT molecular complexity index is 498. The Morgan fingerprint density at radius 3 is 1.84 bits per heavy atom. The lowest BCUT2D eigenvalue weighted by Gasteiger charge is -2.09. The average molecular weight is 256 g/mol. The second-order valence-corrected chi connectivity index (χ2v) is 4.71. The predicted octanol–water partition coefficient (Wildman–Crippen LogP) is 3.56. The minimum absolute atomic E-state index is 0.695. The summed E-state index contributed by atoms with van der Waals surface area (Å²) in [6.45, 7) is 3.76. The normalized spacial score (nSPS) is 12.2. The molecule has 0 spiro atoms. The van der Waals surface area contributed by atoms with Gasteiger partial charge in [0.15, 0.2) is 6.29 Å². The van der Waals surface area contributed by atoms with Gasteiger partial charge in [0.2, 0.25) is 0 Å². The minimum Gasteiger partial charge on any atom is -0.465 e. The van der Waals surface area contributed by atoms with Gasteiger partial charge in [0.05, 0.1) is 0 Å². The maximum atomic E-state index is 9.14. The molecule has 0 aromatic heterocycles. The summed E-state index contributed by atoms with van der Waals surface area (Å²) in [7, 11) is 0. The number of aliphatic hydroxyl groups is 1. The molecule has 0 radical (unpaired) electrons. The van der Waals surface area contributed by atoms with Gasteiger partial charge in [-0.15, -0.1) is 0 Å². The number of aliphatic hydroxyl groups excluding tert-OH is 1. The van der Waals surface area contributed by atoms with E-state index >= 15 is 0 Å². The summed E-state index contributed by atoms with van der Waals surface area (Å²) in [6.07, 6.45) is 1.22. The van der Waals surface area contributed by atoms with Crippen LogP contribution in [-0.2, 0) is 12.8 Å². The fourth-order valence-electron chi connectivity index (χ4n) is 2.01. The van der Waals surface area contributed by atoms with E-state index in [-0.39, 0.29) is 0 Å². The lowest BCUT2D eigenvalue weighted by Crippen LogP contribution is -2.09. The van der Waals surface area contributed by atoms with E-state index in [9.17, 15) is 0 Å². The topological polar surface area (TPSA) is 29.5 Å². The number of rotatable bonds is 5. The smallest absolute Gasteiger partial charge is 0.194 e. The molecule has 0 fully saturated rings. The van der Waals surface area contributed by atoms with Gasteiger partial charge in [0, 0.05) is 0 Å². The Hall–Kier alpha value is -1.80. The molecule has 0 aliphatic rings. The highest BCUT2D eigenvalue weighted by molar-refractivity contribution is 5.32. The van der Waals surface area contributed by atoms with Crippen molar-refractivity contribution in [3.63, 3.8) is 0 Å². The first-order valence-corrected chi connectivity index (χ1v) is 6.69. The van der Waals surface area contributed by atoms with Crippen LogP contribution in [0.4, 0.5) is 0 Å². The minimum atomic E-state index is -0.771. The molecule has 0 saturated carbocycles. The van der Waals surface area contributed by atoms with Crippen LogP contribution < -0.4 is 4.74 Å². The Kier molecular flexibility index (Phi) is 4.58. The molecular weight excluding hydrogens is 236 g/mol. The number of aryl methyl sites for hydroxylation is 1. The van der Waals surface area contributed by atoms with Crippen LogP contribution in [0.1, 0.15) is 30.5 Å². The molecule has 1 N–H and O–H groups in total. The summed E-state index contributed by atoms with van der Waals surface area (Å²) in [5.41, 5.74) is 3.91. The largest absolute Gasteiger partial charge is 0.465 e. The van der Waals surface area contributed by atoms with Crippen molar-refractivity contribution < 1.29 is 9.84 Å². The first kappa shape index (κ1) is 13.6. The van der Waals surface area contributed by atoms with Crippen molar-refractivity contribution in [2.75, 3.05) is 0 Å². The van der Waals surface area contributed by atoms with E-state index in [1.165, 1.54) is 16.7 Å². The summed E-state index contributed by atoms with van der Waals surface area (Å²) in [5, 5.41) is 9.14. The second kappa shape index (κ2) is 6.39. The van der Waals surface area contributed by atoms with Crippen molar-refractivity contribution in [3.05, 3.63) is 65.2 Å². The van der Waals surface area contributed by atoms with E-state index in [2.05, 4.69) is 31.2 Å². The summed E-state index contributed by atoms with van der Waals surface area (Å²) >= 11 is 0. The van der Waals surface area contributed by atoms with Crippen molar-refractivity contribution in [2.24, 2.45) is 0 Å². The summed E-state index contributed by atoms with van der Waals surface area (Å²) < 4.78 is 5.21. The molecule has 19 heavy (non-hydrogen) atoms. The monoisotopic (exact) mass is 256 g/mol. The molecule has 0 bridgehead atoms. The number of benzene rings is 2. The first-order valence-electron chi connectivity index (χ1n) is 6.69. The Labute approximate surface area is 114 Å². The number of hydrogen-bond donors (Lipinski definition) is 1. The Morgan fingerprint density at radius 1 is 0.895 bits per heavy atom.